The summed E-state index contributed by atoms with van der Waals surface area (Å²) in [5, 5.41) is 26.0. The Kier molecular flexibility index (Phi) is 8.19. The Morgan fingerprint density at radius 2 is 2.05 bits per heavy atom. The monoisotopic (exact) mass is 640 g/mol. The van der Waals surface area contributed by atoms with E-state index in [9.17, 15) is 19.1 Å². The van der Waals surface area contributed by atoms with Crippen LogP contribution in [0.5, 0.6) is 0 Å². The molecule has 3 fully saturated rings. The maximum Gasteiger partial charge on any atom is 0.352 e. The Balaban J connectivity index is 1.33. The number of aryl methyl sites for hydroxylation is 1. The first-order chi connectivity index (χ1) is 21.0. The number of aliphatic hydroxyl groups excluding tert-OH is 1. The van der Waals surface area contributed by atoms with Crippen molar-refractivity contribution in [3.8, 4) is 0 Å². The molecule has 0 amide bonds. The molecule has 1 heterocycles. The fourth-order valence-corrected chi connectivity index (χ4v) is 10.4. The van der Waals surface area contributed by atoms with Crippen molar-refractivity contribution in [2.75, 3.05) is 5.88 Å². The summed E-state index contributed by atoms with van der Waals surface area (Å²) in [7, 11) is 0. The number of nitrogens with two attached hydrogens (primary N) is 2. The first kappa shape index (κ1) is 31.2. The molecule has 0 radical (unpaired) electrons. The Labute approximate surface area is 264 Å². The molecule has 0 spiro atoms. The van der Waals surface area contributed by atoms with E-state index in [1.165, 1.54) is 23.9 Å². The molecule has 6 N–H and O–H groups in total. The number of allylic oxidation sites excluding steroid dienone is 3. The van der Waals surface area contributed by atoms with Gasteiger partial charge in [-0.05, 0) is 98.4 Å². The van der Waals surface area contributed by atoms with Crippen molar-refractivity contribution in [2.24, 2.45) is 34.3 Å². The molecular formula is C32H39FN5O4S2+. The van der Waals surface area contributed by atoms with Crippen LogP contribution in [-0.4, -0.2) is 49.6 Å². The molecule has 2 aromatic rings. The number of thioether (sulfide) groups is 1. The molecule has 234 valence electrons. The number of benzene rings is 1. The number of quaternary nitrogens is 1. The van der Waals surface area contributed by atoms with E-state index in [0.29, 0.717) is 31.4 Å². The summed E-state index contributed by atoms with van der Waals surface area (Å²) in [4.78, 5) is 27.6. The third-order valence-corrected chi connectivity index (χ3v) is 12.6. The second-order valence-corrected chi connectivity index (χ2v) is 14.9. The summed E-state index contributed by atoms with van der Waals surface area (Å²) in [5.74, 6) is -0.774. The smallest absolute Gasteiger partial charge is 0.352 e. The highest BCUT2D eigenvalue weighted by atomic mass is 32.2. The Bertz CT molecular complexity index is 1560. The van der Waals surface area contributed by atoms with Crippen molar-refractivity contribution in [1.29, 1.82) is 5.41 Å². The van der Waals surface area contributed by atoms with Gasteiger partial charge in [-0.2, -0.15) is 0 Å². The van der Waals surface area contributed by atoms with Crippen molar-refractivity contribution in [3.05, 3.63) is 63.6 Å². The van der Waals surface area contributed by atoms with E-state index < -0.39 is 23.1 Å². The van der Waals surface area contributed by atoms with Crippen LogP contribution in [0.3, 0.4) is 0 Å². The molecule has 4 aliphatic rings. The SMILES string of the molecule is Cc1nnsc1C(=O)O[C@]1(C(=O)SCN)CCC2[C@@H]3CCC4=CC([NH2+]c5ccc(F)cc5)=C(C=N)C[C@]4(C)C3[C@@H](O)C[C@@]21C. The third-order valence-electron chi connectivity index (χ3n) is 11.1. The number of aromatic nitrogens is 2. The zero-order valence-electron chi connectivity index (χ0n) is 25.1. The lowest BCUT2D eigenvalue weighted by molar-refractivity contribution is -0.513. The van der Waals surface area contributed by atoms with E-state index in [1.54, 1.807) is 19.1 Å². The minimum atomic E-state index is -1.43. The third kappa shape index (κ3) is 4.81. The molecule has 0 saturated heterocycles. The van der Waals surface area contributed by atoms with Crippen LogP contribution in [0.25, 0.3) is 0 Å². The number of halogens is 1. The fourth-order valence-electron chi connectivity index (χ4n) is 9.08. The molecule has 0 aliphatic heterocycles. The average molecular weight is 641 g/mol. The van der Waals surface area contributed by atoms with Crippen LogP contribution < -0.4 is 11.1 Å². The van der Waals surface area contributed by atoms with Gasteiger partial charge in [-0.15, -0.1) is 5.10 Å². The van der Waals surface area contributed by atoms with Gasteiger partial charge in [0.2, 0.25) is 5.12 Å². The normalized spacial score (nSPS) is 34.5. The molecule has 44 heavy (non-hydrogen) atoms. The summed E-state index contributed by atoms with van der Waals surface area (Å²) in [5.41, 5.74) is 7.62. The molecule has 12 heteroatoms. The molecule has 7 atom stereocenters. The zero-order chi connectivity index (χ0) is 31.4. The first-order valence-corrected chi connectivity index (χ1v) is 16.9. The second-order valence-electron chi connectivity index (χ2n) is 13.1. The average Bonchev–Trinajstić information content (AvgIpc) is 3.54. The minimum Gasteiger partial charge on any atom is -0.445 e. The molecule has 2 unspecified atom stereocenters. The number of rotatable bonds is 7. The van der Waals surface area contributed by atoms with E-state index in [-0.39, 0.29) is 44.9 Å². The summed E-state index contributed by atoms with van der Waals surface area (Å²) < 4.78 is 23.7. The van der Waals surface area contributed by atoms with Gasteiger partial charge in [0.15, 0.2) is 10.5 Å². The maximum absolute atomic E-state index is 13.9. The highest BCUT2D eigenvalue weighted by molar-refractivity contribution is 8.13. The van der Waals surface area contributed by atoms with Crippen LogP contribution in [0, 0.1) is 46.7 Å². The lowest BCUT2D eigenvalue weighted by atomic mass is 9.45. The number of hydrogen-bond acceptors (Lipinski definition) is 10. The topological polar surface area (TPSA) is 156 Å². The summed E-state index contributed by atoms with van der Waals surface area (Å²) >= 11 is 1.92. The van der Waals surface area contributed by atoms with E-state index >= 15 is 0 Å². The standard InChI is InChI=1S/C32H38FN5O4S2/c1-17-27(44-38-37-17)28(40)42-32(29(41)43-16-35)11-10-23-22-9-4-19-12-24(36-21-7-5-20(33)6-8-21)18(15-34)13-30(19,2)26(22)25(39)14-31(23,32)3/h5-8,12,15,22-23,25-26,34,36,39H,4,9-11,13-14,16,35H2,1-3H3/p+1/t22-,23?,25-,26?,30-,31-,32-/m0/s1. The molecule has 1 aromatic carbocycles. The van der Waals surface area contributed by atoms with Gasteiger partial charge < -0.3 is 21.0 Å². The number of ether oxygens (including phenoxy) is 1. The number of carbonyl (C=O) groups excluding carboxylic acids is 2. The number of hydrogen-bond donors (Lipinski definition) is 4. The summed E-state index contributed by atoms with van der Waals surface area (Å²) in [6.07, 6.45) is 6.46. The molecule has 6 rings (SSSR count). The molecular weight excluding hydrogens is 602 g/mol. The Morgan fingerprint density at radius 1 is 1.30 bits per heavy atom. The number of aliphatic hydroxyl groups is 1. The lowest BCUT2D eigenvalue weighted by Crippen LogP contribution is -2.76. The molecule has 4 aliphatic carbocycles. The number of esters is 1. The van der Waals surface area contributed by atoms with Gasteiger partial charge in [0.25, 0.3) is 0 Å². The van der Waals surface area contributed by atoms with E-state index in [2.05, 4.69) is 22.6 Å². The van der Waals surface area contributed by atoms with E-state index in [0.717, 1.165) is 53.1 Å². The van der Waals surface area contributed by atoms with Gasteiger partial charge in [0.1, 0.15) is 17.2 Å². The quantitative estimate of drug-likeness (QED) is 0.150. The molecule has 1 aromatic heterocycles. The van der Waals surface area contributed by atoms with Crippen molar-refractivity contribution < 1.29 is 29.1 Å². The van der Waals surface area contributed by atoms with Crippen molar-refractivity contribution in [1.82, 2.24) is 9.59 Å². The molecule has 0 bridgehead atoms. The predicted octanol–water partition coefficient (Wildman–Crippen LogP) is 4.40. The van der Waals surface area contributed by atoms with Crippen LogP contribution >= 0.6 is 23.3 Å². The Morgan fingerprint density at radius 3 is 2.70 bits per heavy atom. The van der Waals surface area contributed by atoms with Crippen LogP contribution in [-0.2, 0) is 9.53 Å². The maximum atomic E-state index is 13.9. The predicted molar refractivity (Wildman–Crippen MR) is 167 cm³/mol. The molecule has 9 nitrogen and oxygen atoms in total. The number of fused-ring (bicyclic) bond motifs is 5. The van der Waals surface area contributed by atoms with Gasteiger partial charge in [0.05, 0.1) is 11.8 Å². The van der Waals surface area contributed by atoms with Crippen molar-refractivity contribution >= 4 is 46.3 Å². The van der Waals surface area contributed by atoms with Gasteiger partial charge in [-0.3, -0.25) is 10.1 Å². The number of nitrogens with zero attached hydrogens (tertiary/aromatic N) is 2. The fraction of sp³-hybridized carbons (Fsp3) is 0.531. The summed E-state index contributed by atoms with van der Waals surface area (Å²) in [6, 6.07) is 6.33. The van der Waals surface area contributed by atoms with Crippen molar-refractivity contribution in [2.45, 2.75) is 71.0 Å². The van der Waals surface area contributed by atoms with Crippen LogP contribution in [0.1, 0.15) is 67.7 Å². The number of carbonyl (C=O) groups is 2. The van der Waals surface area contributed by atoms with E-state index in [1.807, 2.05) is 12.2 Å². The summed E-state index contributed by atoms with van der Waals surface area (Å²) in [6.45, 7) is 5.91. The first-order valence-electron chi connectivity index (χ1n) is 15.1. The van der Waals surface area contributed by atoms with Crippen LogP contribution in [0.15, 0.2) is 47.2 Å². The van der Waals surface area contributed by atoms with Gasteiger partial charge in [0, 0.05) is 35.2 Å². The minimum absolute atomic E-state index is 0.0460. The zero-order valence-corrected chi connectivity index (χ0v) is 26.8. The second kappa shape index (κ2) is 11.5. The van der Waals surface area contributed by atoms with Crippen LogP contribution in [0.2, 0.25) is 0 Å². The van der Waals surface area contributed by atoms with Crippen LogP contribution in [0.4, 0.5) is 10.1 Å². The highest BCUT2D eigenvalue weighted by Crippen LogP contribution is 2.69. The highest BCUT2D eigenvalue weighted by Gasteiger charge is 2.70. The van der Waals surface area contributed by atoms with Crippen molar-refractivity contribution in [3.63, 3.8) is 0 Å². The lowest BCUT2D eigenvalue weighted by Gasteiger charge is -2.60. The largest absolute Gasteiger partial charge is 0.445 e. The number of nitrogens with one attached hydrogen (secondary N) is 1. The molecule has 3 saturated carbocycles. The van der Waals surface area contributed by atoms with Gasteiger partial charge in [-0.1, -0.05) is 35.7 Å². The van der Waals surface area contributed by atoms with E-state index in [4.69, 9.17) is 15.9 Å². The Hall–Kier alpha value is -2.77. The van der Waals surface area contributed by atoms with Gasteiger partial charge >= 0.3 is 5.97 Å². The van der Waals surface area contributed by atoms with Gasteiger partial charge in [-0.25, -0.2) is 9.18 Å².